The molecule has 1 heterocycles. The number of amides is 2. The third-order valence-electron chi connectivity index (χ3n) is 5.95. The topological polar surface area (TPSA) is 124 Å². The van der Waals surface area contributed by atoms with Crippen molar-refractivity contribution in [2.75, 3.05) is 19.4 Å². The molecule has 9 heteroatoms. The third kappa shape index (κ3) is 5.25. The van der Waals surface area contributed by atoms with E-state index in [-0.39, 0.29) is 32.0 Å². The van der Waals surface area contributed by atoms with E-state index < -0.39 is 20.5 Å². The van der Waals surface area contributed by atoms with Crippen LogP contribution in [-0.2, 0) is 27.6 Å². The Morgan fingerprint density at radius 1 is 1.15 bits per heavy atom. The van der Waals surface area contributed by atoms with Gasteiger partial charge in [-0.15, -0.1) is 0 Å². The van der Waals surface area contributed by atoms with Gasteiger partial charge in [0.25, 0.3) is 11.8 Å². The molecule has 1 atom stereocenters. The van der Waals surface area contributed by atoms with E-state index in [2.05, 4.69) is 11.8 Å². The first-order chi connectivity index (χ1) is 15.6. The second-order valence-electron chi connectivity index (χ2n) is 8.21. The second-order valence-corrected chi connectivity index (χ2v) is 10.7. The van der Waals surface area contributed by atoms with E-state index in [0.29, 0.717) is 12.0 Å². The van der Waals surface area contributed by atoms with Crippen LogP contribution < -0.4 is 5.48 Å². The SMILES string of the molecule is CC(CCN1Cc2cc(C#Cc3ccc(CCO)cc3)ccc2C1=O)(C(=O)NO)S(C)(=O)=O. The van der Waals surface area contributed by atoms with Gasteiger partial charge in [-0.05, 0) is 61.2 Å². The van der Waals surface area contributed by atoms with Crippen LogP contribution in [0.3, 0.4) is 0 Å². The summed E-state index contributed by atoms with van der Waals surface area (Å²) in [5, 5.41) is 17.9. The summed E-state index contributed by atoms with van der Waals surface area (Å²) in [7, 11) is -3.84. The van der Waals surface area contributed by atoms with E-state index in [0.717, 1.165) is 28.5 Å². The summed E-state index contributed by atoms with van der Waals surface area (Å²) in [6, 6.07) is 12.9. The molecule has 1 aliphatic rings. The van der Waals surface area contributed by atoms with E-state index in [4.69, 9.17) is 10.3 Å². The van der Waals surface area contributed by atoms with E-state index in [1.165, 1.54) is 17.3 Å². The smallest absolute Gasteiger partial charge is 0.264 e. The number of benzene rings is 2. The van der Waals surface area contributed by atoms with Gasteiger partial charge in [-0.3, -0.25) is 14.8 Å². The van der Waals surface area contributed by atoms with Gasteiger partial charge in [0.2, 0.25) is 0 Å². The number of carbonyl (C=O) groups is 2. The first-order valence-corrected chi connectivity index (χ1v) is 12.3. The number of rotatable bonds is 7. The van der Waals surface area contributed by atoms with Gasteiger partial charge in [-0.25, -0.2) is 13.9 Å². The van der Waals surface area contributed by atoms with Gasteiger partial charge in [-0.2, -0.15) is 0 Å². The fourth-order valence-electron chi connectivity index (χ4n) is 3.60. The van der Waals surface area contributed by atoms with Gasteiger partial charge in [-0.1, -0.05) is 24.0 Å². The molecule has 0 saturated heterocycles. The summed E-state index contributed by atoms with van der Waals surface area (Å²) < 4.78 is 22.4. The van der Waals surface area contributed by atoms with Crippen LogP contribution in [0.25, 0.3) is 0 Å². The average Bonchev–Trinajstić information content (AvgIpc) is 3.10. The number of hydrogen-bond acceptors (Lipinski definition) is 6. The number of nitrogens with one attached hydrogen (secondary N) is 1. The van der Waals surface area contributed by atoms with Crippen LogP contribution in [-0.4, -0.2) is 59.6 Å². The van der Waals surface area contributed by atoms with E-state index in [1.54, 1.807) is 12.1 Å². The summed E-state index contributed by atoms with van der Waals surface area (Å²) in [5.41, 5.74) is 5.30. The highest BCUT2D eigenvalue weighted by atomic mass is 32.2. The predicted octanol–water partition coefficient (Wildman–Crippen LogP) is 1.28. The number of nitrogens with zero attached hydrogens (tertiary/aromatic N) is 1. The molecule has 3 N–H and O–H groups in total. The number of aliphatic hydroxyl groups excluding tert-OH is 1. The summed E-state index contributed by atoms with van der Waals surface area (Å²) >= 11 is 0. The van der Waals surface area contributed by atoms with Gasteiger partial charge in [0.1, 0.15) is 0 Å². The number of fused-ring (bicyclic) bond motifs is 1. The monoisotopic (exact) mass is 470 g/mol. The lowest BCUT2D eigenvalue weighted by Gasteiger charge is -2.27. The Morgan fingerprint density at radius 2 is 1.79 bits per heavy atom. The van der Waals surface area contributed by atoms with Crippen molar-refractivity contribution in [2.24, 2.45) is 0 Å². The van der Waals surface area contributed by atoms with Crippen molar-refractivity contribution in [3.8, 4) is 11.8 Å². The molecule has 174 valence electrons. The Bertz CT molecular complexity index is 1230. The molecule has 0 fully saturated rings. The van der Waals surface area contributed by atoms with Gasteiger partial charge in [0.15, 0.2) is 14.6 Å². The molecule has 1 aliphatic heterocycles. The highest BCUT2D eigenvalue weighted by Crippen LogP contribution is 2.27. The van der Waals surface area contributed by atoms with Crippen molar-refractivity contribution in [3.05, 3.63) is 70.3 Å². The third-order valence-corrected chi connectivity index (χ3v) is 7.97. The Morgan fingerprint density at radius 3 is 2.39 bits per heavy atom. The van der Waals surface area contributed by atoms with Crippen LogP contribution in [0.2, 0.25) is 0 Å². The molecule has 0 aromatic heterocycles. The van der Waals surface area contributed by atoms with Crippen LogP contribution in [0.4, 0.5) is 0 Å². The lowest BCUT2D eigenvalue weighted by atomic mass is 10.1. The van der Waals surface area contributed by atoms with Crippen LogP contribution in [0.15, 0.2) is 42.5 Å². The number of carbonyl (C=O) groups excluding carboxylic acids is 2. The molecule has 0 bridgehead atoms. The van der Waals surface area contributed by atoms with E-state index >= 15 is 0 Å². The van der Waals surface area contributed by atoms with Crippen molar-refractivity contribution in [3.63, 3.8) is 0 Å². The largest absolute Gasteiger partial charge is 0.396 e. The molecule has 2 aromatic rings. The van der Waals surface area contributed by atoms with E-state index in [1.807, 2.05) is 30.3 Å². The Hall–Kier alpha value is -3.19. The van der Waals surface area contributed by atoms with Gasteiger partial charge < -0.3 is 10.0 Å². The standard InChI is InChI=1S/C24H26N2O6S/c1-24(23(29)25-30,33(2,31)32)12-13-26-16-20-15-19(9-10-21(20)22(26)28)8-7-17-3-5-18(6-4-17)11-14-27/h3-6,9-10,15,27,30H,11-14,16H2,1-2H3,(H,25,29). The predicted molar refractivity (Wildman–Crippen MR) is 122 cm³/mol. The van der Waals surface area contributed by atoms with Gasteiger partial charge in [0.05, 0.1) is 0 Å². The maximum Gasteiger partial charge on any atom is 0.264 e. The quantitative estimate of drug-likeness (QED) is 0.318. The van der Waals surface area contributed by atoms with Crippen molar-refractivity contribution < 1.29 is 28.3 Å². The highest BCUT2D eigenvalue weighted by molar-refractivity contribution is 7.92. The van der Waals surface area contributed by atoms with Gasteiger partial charge >= 0.3 is 0 Å². The van der Waals surface area contributed by atoms with Crippen LogP contribution in [0.5, 0.6) is 0 Å². The lowest BCUT2D eigenvalue weighted by Crippen LogP contribution is -2.50. The molecule has 2 amide bonds. The van der Waals surface area contributed by atoms with Crippen molar-refractivity contribution in [1.82, 2.24) is 10.4 Å². The number of aliphatic hydroxyl groups is 1. The molecule has 3 rings (SSSR count). The van der Waals surface area contributed by atoms with E-state index in [9.17, 15) is 18.0 Å². The maximum absolute atomic E-state index is 12.8. The molecule has 8 nitrogen and oxygen atoms in total. The lowest BCUT2D eigenvalue weighted by molar-refractivity contribution is -0.131. The molecule has 0 saturated carbocycles. The zero-order valence-electron chi connectivity index (χ0n) is 18.5. The minimum absolute atomic E-state index is 0.0334. The summed E-state index contributed by atoms with van der Waals surface area (Å²) in [5.74, 6) is 4.88. The number of hydrogen-bond donors (Lipinski definition) is 3. The normalized spacial score (nSPS) is 14.8. The fraction of sp³-hybridized carbons (Fsp3) is 0.333. The van der Waals surface area contributed by atoms with Crippen LogP contribution in [0, 0.1) is 11.8 Å². The molecular formula is C24H26N2O6S. The van der Waals surface area contributed by atoms with Crippen molar-refractivity contribution in [2.45, 2.75) is 31.1 Å². The van der Waals surface area contributed by atoms with Crippen molar-refractivity contribution >= 4 is 21.7 Å². The zero-order chi connectivity index (χ0) is 24.2. The number of hydroxylamine groups is 1. The molecule has 0 spiro atoms. The van der Waals surface area contributed by atoms with Crippen LogP contribution >= 0.6 is 0 Å². The number of sulfone groups is 1. The minimum Gasteiger partial charge on any atom is -0.396 e. The molecule has 0 aliphatic carbocycles. The Labute approximate surface area is 193 Å². The molecule has 33 heavy (non-hydrogen) atoms. The summed E-state index contributed by atoms with van der Waals surface area (Å²) in [4.78, 5) is 26.2. The first-order valence-electron chi connectivity index (χ1n) is 10.4. The second kappa shape index (κ2) is 9.75. The molecule has 0 radical (unpaired) electrons. The van der Waals surface area contributed by atoms with Crippen molar-refractivity contribution in [1.29, 1.82) is 0 Å². The van der Waals surface area contributed by atoms with Gasteiger partial charge in [0, 0.05) is 42.6 Å². The zero-order valence-corrected chi connectivity index (χ0v) is 19.3. The summed E-state index contributed by atoms with van der Waals surface area (Å²) in [6.07, 6.45) is 1.36. The Balaban J connectivity index is 1.73. The first kappa shape index (κ1) is 24.5. The molecule has 2 aromatic carbocycles. The average molecular weight is 471 g/mol. The minimum atomic E-state index is -3.84. The fourth-order valence-corrected chi connectivity index (χ4v) is 4.45. The Kier molecular flexibility index (Phi) is 7.22. The molecule has 1 unspecified atom stereocenters. The van der Waals surface area contributed by atoms with Crippen LogP contribution in [0.1, 0.15) is 46.0 Å². The maximum atomic E-state index is 12.8. The highest BCUT2D eigenvalue weighted by Gasteiger charge is 2.44. The molecular weight excluding hydrogens is 444 g/mol. The summed E-state index contributed by atoms with van der Waals surface area (Å²) in [6.45, 7) is 1.63.